The topological polar surface area (TPSA) is 70.2 Å². The number of carbonyl (C=O) groups excluding carboxylic acids is 3. The van der Waals surface area contributed by atoms with Crippen molar-refractivity contribution in [1.29, 1.82) is 0 Å². The molecular weight excluding hydrogens is 498 g/mol. The van der Waals surface area contributed by atoms with Crippen LogP contribution in [0.5, 0.6) is 5.75 Å². The maximum absolute atomic E-state index is 13.4. The standard InChI is InChI=1S/C26H36BrN3O4/c1-19(31)28-13-8-20(9-14-28)26(33)30-15-10-24(34-23-7-5-6-22(27)17-23)21(18-30)16-25(32)29-11-3-2-4-12-29/h5-7,17,20-21,24H,2-4,8-16,18H2,1H3/t21-,24-/m0/s1. The molecule has 3 amide bonds. The third kappa shape index (κ3) is 6.32. The Morgan fingerprint density at radius 2 is 1.65 bits per heavy atom. The summed E-state index contributed by atoms with van der Waals surface area (Å²) in [5.41, 5.74) is 0. The molecule has 0 unspecified atom stereocenters. The molecule has 186 valence electrons. The number of likely N-dealkylation sites (tertiary alicyclic amines) is 3. The number of nitrogens with zero attached hydrogens (tertiary/aromatic N) is 3. The summed E-state index contributed by atoms with van der Waals surface area (Å²) in [6, 6.07) is 7.79. The van der Waals surface area contributed by atoms with Crippen LogP contribution in [0.2, 0.25) is 0 Å². The first-order valence-corrected chi connectivity index (χ1v) is 13.4. The highest BCUT2D eigenvalue weighted by Crippen LogP contribution is 2.30. The molecule has 1 aromatic carbocycles. The molecule has 34 heavy (non-hydrogen) atoms. The fraction of sp³-hybridized carbons (Fsp3) is 0.654. The molecule has 0 spiro atoms. The van der Waals surface area contributed by atoms with Crippen LogP contribution >= 0.6 is 15.9 Å². The van der Waals surface area contributed by atoms with E-state index in [1.165, 1.54) is 6.42 Å². The molecule has 7 nitrogen and oxygen atoms in total. The number of halogens is 1. The van der Waals surface area contributed by atoms with Crippen molar-refractivity contribution in [1.82, 2.24) is 14.7 Å². The predicted molar refractivity (Wildman–Crippen MR) is 133 cm³/mol. The summed E-state index contributed by atoms with van der Waals surface area (Å²) >= 11 is 3.50. The van der Waals surface area contributed by atoms with E-state index in [1.54, 1.807) is 6.92 Å². The van der Waals surface area contributed by atoms with Crippen molar-refractivity contribution < 1.29 is 19.1 Å². The summed E-state index contributed by atoms with van der Waals surface area (Å²) in [6.07, 6.45) is 5.76. The van der Waals surface area contributed by atoms with Gasteiger partial charge >= 0.3 is 0 Å². The largest absolute Gasteiger partial charge is 0.490 e. The fourth-order valence-electron chi connectivity index (χ4n) is 5.47. The zero-order valence-corrected chi connectivity index (χ0v) is 21.7. The van der Waals surface area contributed by atoms with E-state index >= 15 is 0 Å². The Kier molecular flexibility index (Phi) is 8.51. The van der Waals surface area contributed by atoms with E-state index < -0.39 is 0 Å². The third-order valence-corrected chi connectivity index (χ3v) is 7.99. The average molecular weight is 534 g/mol. The number of hydrogen-bond acceptors (Lipinski definition) is 4. The van der Waals surface area contributed by atoms with E-state index in [9.17, 15) is 14.4 Å². The van der Waals surface area contributed by atoms with Gasteiger partial charge in [-0.25, -0.2) is 0 Å². The van der Waals surface area contributed by atoms with Crippen LogP contribution in [0.15, 0.2) is 28.7 Å². The first-order valence-electron chi connectivity index (χ1n) is 12.6. The van der Waals surface area contributed by atoms with Gasteiger partial charge in [0.25, 0.3) is 0 Å². The fourth-order valence-corrected chi connectivity index (χ4v) is 5.85. The van der Waals surface area contributed by atoms with E-state index in [1.807, 2.05) is 39.0 Å². The number of carbonyl (C=O) groups is 3. The molecule has 3 saturated heterocycles. The van der Waals surface area contributed by atoms with Crippen molar-refractivity contribution in [2.75, 3.05) is 39.3 Å². The van der Waals surface area contributed by atoms with Gasteiger partial charge in [-0.05, 0) is 50.3 Å². The summed E-state index contributed by atoms with van der Waals surface area (Å²) in [7, 11) is 0. The van der Waals surface area contributed by atoms with Gasteiger partial charge < -0.3 is 19.4 Å². The van der Waals surface area contributed by atoms with E-state index in [-0.39, 0.29) is 35.7 Å². The molecule has 3 aliphatic heterocycles. The number of amides is 3. The maximum atomic E-state index is 13.4. The van der Waals surface area contributed by atoms with Crippen molar-refractivity contribution in [3.8, 4) is 5.75 Å². The molecular formula is C26H36BrN3O4. The zero-order chi connectivity index (χ0) is 24.1. The Morgan fingerprint density at radius 1 is 0.941 bits per heavy atom. The molecule has 0 aliphatic carbocycles. The molecule has 3 fully saturated rings. The SMILES string of the molecule is CC(=O)N1CCC(C(=O)N2CC[C@H](Oc3cccc(Br)c3)[C@@H](CC(=O)N3CCCCC3)C2)CC1. The summed E-state index contributed by atoms with van der Waals surface area (Å²) in [6.45, 7) is 5.72. The third-order valence-electron chi connectivity index (χ3n) is 7.49. The number of hydrogen-bond donors (Lipinski definition) is 0. The van der Waals surface area contributed by atoms with Gasteiger partial charge in [-0.15, -0.1) is 0 Å². The van der Waals surface area contributed by atoms with Gasteiger partial charge in [0.2, 0.25) is 17.7 Å². The van der Waals surface area contributed by atoms with Crippen LogP contribution in [0.4, 0.5) is 0 Å². The van der Waals surface area contributed by atoms with Crippen LogP contribution in [-0.4, -0.2) is 77.8 Å². The normalized spacial score (nSPS) is 24.1. The smallest absolute Gasteiger partial charge is 0.225 e. The lowest BCUT2D eigenvalue weighted by Crippen LogP contribution is -2.52. The minimum atomic E-state index is -0.105. The first-order chi connectivity index (χ1) is 16.4. The van der Waals surface area contributed by atoms with Crippen molar-refractivity contribution >= 4 is 33.7 Å². The Bertz CT molecular complexity index is 881. The van der Waals surface area contributed by atoms with Crippen LogP contribution < -0.4 is 4.74 Å². The molecule has 1 aromatic rings. The maximum Gasteiger partial charge on any atom is 0.225 e. The summed E-state index contributed by atoms with van der Waals surface area (Å²) in [4.78, 5) is 43.9. The highest BCUT2D eigenvalue weighted by molar-refractivity contribution is 9.10. The van der Waals surface area contributed by atoms with Crippen LogP contribution in [0.1, 0.15) is 51.9 Å². The Labute approximate surface area is 210 Å². The molecule has 4 rings (SSSR count). The molecule has 3 aliphatic rings. The second kappa shape index (κ2) is 11.6. The lowest BCUT2D eigenvalue weighted by atomic mass is 9.88. The summed E-state index contributed by atoms with van der Waals surface area (Å²) < 4.78 is 7.32. The van der Waals surface area contributed by atoms with Crippen LogP contribution in [0.25, 0.3) is 0 Å². The van der Waals surface area contributed by atoms with Crippen LogP contribution in [0, 0.1) is 11.8 Å². The monoisotopic (exact) mass is 533 g/mol. The quantitative estimate of drug-likeness (QED) is 0.578. The van der Waals surface area contributed by atoms with Crippen molar-refractivity contribution in [3.63, 3.8) is 0 Å². The van der Waals surface area contributed by atoms with Gasteiger partial charge in [0.05, 0.1) is 0 Å². The second-order valence-electron chi connectivity index (χ2n) is 9.87. The van der Waals surface area contributed by atoms with E-state index in [0.29, 0.717) is 51.9 Å². The molecule has 3 heterocycles. The zero-order valence-electron chi connectivity index (χ0n) is 20.1. The van der Waals surface area contributed by atoms with Crippen LogP contribution in [0.3, 0.4) is 0 Å². The van der Waals surface area contributed by atoms with Crippen molar-refractivity contribution in [3.05, 3.63) is 28.7 Å². The molecule has 0 aromatic heterocycles. The molecule has 8 heteroatoms. The molecule has 0 saturated carbocycles. The lowest BCUT2D eigenvalue weighted by molar-refractivity contribution is -0.144. The van der Waals surface area contributed by atoms with Gasteiger partial charge in [0.15, 0.2) is 0 Å². The molecule has 0 radical (unpaired) electrons. The minimum Gasteiger partial charge on any atom is -0.490 e. The molecule has 2 atom stereocenters. The first kappa shape index (κ1) is 25.0. The van der Waals surface area contributed by atoms with Gasteiger partial charge in [-0.3, -0.25) is 14.4 Å². The number of piperidine rings is 3. The highest BCUT2D eigenvalue weighted by Gasteiger charge is 2.38. The number of ether oxygens (including phenoxy) is 1. The number of rotatable bonds is 5. The number of benzene rings is 1. The van der Waals surface area contributed by atoms with Gasteiger partial charge in [0, 0.05) is 75.3 Å². The van der Waals surface area contributed by atoms with E-state index in [2.05, 4.69) is 15.9 Å². The lowest BCUT2D eigenvalue weighted by Gasteiger charge is -2.41. The minimum absolute atomic E-state index is 0.0385. The van der Waals surface area contributed by atoms with Crippen LogP contribution in [-0.2, 0) is 14.4 Å². The summed E-state index contributed by atoms with van der Waals surface area (Å²) in [5.74, 6) is 1.12. The predicted octanol–water partition coefficient (Wildman–Crippen LogP) is 3.71. The van der Waals surface area contributed by atoms with Gasteiger partial charge in [-0.1, -0.05) is 22.0 Å². The Hall–Kier alpha value is -2.09. The summed E-state index contributed by atoms with van der Waals surface area (Å²) in [5, 5.41) is 0. The van der Waals surface area contributed by atoms with Gasteiger partial charge in [-0.2, -0.15) is 0 Å². The van der Waals surface area contributed by atoms with Crippen molar-refractivity contribution in [2.45, 2.75) is 58.0 Å². The molecule has 0 N–H and O–H groups in total. The Morgan fingerprint density at radius 3 is 2.32 bits per heavy atom. The van der Waals surface area contributed by atoms with Crippen molar-refractivity contribution in [2.24, 2.45) is 11.8 Å². The Balaban J connectivity index is 1.42. The van der Waals surface area contributed by atoms with E-state index in [4.69, 9.17) is 4.74 Å². The molecule has 0 bridgehead atoms. The van der Waals surface area contributed by atoms with E-state index in [0.717, 1.165) is 36.2 Å². The average Bonchev–Trinajstić information content (AvgIpc) is 2.85. The highest BCUT2D eigenvalue weighted by atomic mass is 79.9. The van der Waals surface area contributed by atoms with Gasteiger partial charge in [0.1, 0.15) is 11.9 Å². The second-order valence-corrected chi connectivity index (χ2v) is 10.8.